The summed E-state index contributed by atoms with van der Waals surface area (Å²) in [6, 6.07) is 5.97. The summed E-state index contributed by atoms with van der Waals surface area (Å²) >= 11 is 0. The Morgan fingerprint density at radius 2 is 2.20 bits per heavy atom. The van der Waals surface area contributed by atoms with Gasteiger partial charge in [-0.3, -0.25) is 9.20 Å². The van der Waals surface area contributed by atoms with Crippen LogP contribution in [0.4, 0.5) is 5.82 Å². The average Bonchev–Trinajstić information content (AvgIpc) is 2.77. The Balaban J connectivity index is 2.38. The number of imidazole rings is 1. The molecule has 0 bridgehead atoms. The first-order valence-electron chi connectivity index (χ1n) is 6.92. The van der Waals surface area contributed by atoms with E-state index >= 15 is 0 Å². The third-order valence-corrected chi connectivity index (χ3v) is 3.12. The first-order chi connectivity index (χ1) is 9.54. The average molecular weight is 275 g/mol. The van der Waals surface area contributed by atoms with Crippen LogP contribution in [0.2, 0.25) is 0 Å². The van der Waals surface area contributed by atoms with Gasteiger partial charge < -0.3 is 10.1 Å². The predicted octanol–water partition coefficient (Wildman–Crippen LogP) is 2.74. The van der Waals surface area contributed by atoms with Crippen molar-refractivity contribution in [2.75, 3.05) is 18.5 Å². The van der Waals surface area contributed by atoms with Gasteiger partial charge in [-0.2, -0.15) is 0 Å². The van der Waals surface area contributed by atoms with Gasteiger partial charge in [0.25, 0.3) is 0 Å². The number of carbonyl (C=O) groups is 1. The first kappa shape index (κ1) is 14.4. The Hall–Kier alpha value is -2.04. The fourth-order valence-corrected chi connectivity index (χ4v) is 2.21. The van der Waals surface area contributed by atoms with Crippen LogP contribution in [-0.4, -0.2) is 28.5 Å². The van der Waals surface area contributed by atoms with Gasteiger partial charge in [-0.25, -0.2) is 4.98 Å². The number of hydrogen-bond donors (Lipinski definition) is 1. The Labute approximate surface area is 119 Å². The van der Waals surface area contributed by atoms with Gasteiger partial charge in [-0.1, -0.05) is 19.9 Å². The van der Waals surface area contributed by atoms with Crippen LogP contribution in [0.15, 0.2) is 18.2 Å². The Morgan fingerprint density at radius 1 is 1.45 bits per heavy atom. The molecular weight excluding hydrogens is 254 g/mol. The number of rotatable bonds is 5. The summed E-state index contributed by atoms with van der Waals surface area (Å²) in [5, 5.41) is 3.17. The molecule has 2 aromatic heterocycles. The molecule has 108 valence electrons. The molecule has 1 N–H and O–H groups in total. The topological polar surface area (TPSA) is 55.6 Å². The number of nitrogens with one attached hydrogen (secondary N) is 1. The molecule has 0 fully saturated rings. The number of aromatic nitrogens is 2. The van der Waals surface area contributed by atoms with Crippen LogP contribution in [0.25, 0.3) is 5.65 Å². The number of pyridine rings is 1. The predicted molar refractivity (Wildman–Crippen MR) is 79.1 cm³/mol. The van der Waals surface area contributed by atoms with Crippen molar-refractivity contribution >= 4 is 17.4 Å². The van der Waals surface area contributed by atoms with Gasteiger partial charge in [0.1, 0.15) is 18.0 Å². The number of anilines is 1. The highest BCUT2D eigenvalue weighted by molar-refractivity contribution is 5.75. The lowest BCUT2D eigenvalue weighted by atomic mass is 10.1. The van der Waals surface area contributed by atoms with Crippen molar-refractivity contribution in [3.63, 3.8) is 0 Å². The molecule has 0 spiro atoms. The maximum absolute atomic E-state index is 11.5. The minimum absolute atomic E-state index is 0.148. The lowest BCUT2D eigenvalue weighted by molar-refractivity contribution is -0.140. The Bertz CT molecular complexity index is 617. The largest absolute Gasteiger partial charge is 0.465 e. The summed E-state index contributed by atoms with van der Waals surface area (Å²) in [6.45, 7) is 8.54. The second-order valence-corrected chi connectivity index (χ2v) is 5.02. The smallest absolute Gasteiger partial charge is 0.325 e. The van der Waals surface area contributed by atoms with E-state index in [-0.39, 0.29) is 18.4 Å². The molecule has 2 aromatic rings. The summed E-state index contributed by atoms with van der Waals surface area (Å²) in [5.74, 6) is 0.894. The zero-order chi connectivity index (χ0) is 14.7. The monoisotopic (exact) mass is 275 g/mol. The highest BCUT2D eigenvalue weighted by atomic mass is 16.5. The molecule has 0 saturated carbocycles. The van der Waals surface area contributed by atoms with Crippen molar-refractivity contribution in [2.24, 2.45) is 0 Å². The second kappa shape index (κ2) is 5.94. The molecule has 0 aliphatic rings. The summed E-state index contributed by atoms with van der Waals surface area (Å²) in [4.78, 5) is 16.2. The number of hydrogen-bond acceptors (Lipinski definition) is 4. The van der Waals surface area contributed by atoms with Crippen molar-refractivity contribution in [2.45, 2.75) is 33.6 Å². The molecule has 0 aliphatic carbocycles. The summed E-state index contributed by atoms with van der Waals surface area (Å²) < 4.78 is 6.99. The highest BCUT2D eigenvalue weighted by Gasteiger charge is 2.16. The molecule has 0 saturated heterocycles. The van der Waals surface area contributed by atoms with Crippen LogP contribution in [0.3, 0.4) is 0 Å². The lowest BCUT2D eigenvalue weighted by Crippen LogP contribution is -2.18. The molecule has 0 aromatic carbocycles. The molecule has 0 atom stereocenters. The van der Waals surface area contributed by atoms with E-state index in [0.717, 1.165) is 22.9 Å². The number of esters is 1. The van der Waals surface area contributed by atoms with Gasteiger partial charge in [-0.05, 0) is 31.9 Å². The van der Waals surface area contributed by atoms with Crippen LogP contribution >= 0.6 is 0 Å². The second-order valence-electron chi connectivity index (χ2n) is 5.02. The minimum atomic E-state index is -0.259. The zero-order valence-electron chi connectivity index (χ0n) is 12.4. The van der Waals surface area contributed by atoms with Gasteiger partial charge >= 0.3 is 5.97 Å². The Kier molecular flexibility index (Phi) is 4.27. The van der Waals surface area contributed by atoms with E-state index in [2.05, 4.69) is 24.1 Å². The summed E-state index contributed by atoms with van der Waals surface area (Å²) in [7, 11) is 0. The number of aryl methyl sites for hydroxylation is 1. The normalized spacial score (nSPS) is 11.1. The van der Waals surface area contributed by atoms with E-state index in [1.807, 2.05) is 29.5 Å². The van der Waals surface area contributed by atoms with Crippen LogP contribution in [0.5, 0.6) is 0 Å². The van der Waals surface area contributed by atoms with Gasteiger partial charge in [0.15, 0.2) is 0 Å². The van der Waals surface area contributed by atoms with Crippen molar-refractivity contribution in [3.05, 3.63) is 29.6 Å². The molecular formula is C15H21N3O2. The summed E-state index contributed by atoms with van der Waals surface area (Å²) in [6.07, 6.45) is 0. The van der Waals surface area contributed by atoms with Crippen molar-refractivity contribution in [1.29, 1.82) is 0 Å². The molecule has 0 unspecified atom stereocenters. The quantitative estimate of drug-likeness (QED) is 0.852. The SMILES string of the molecule is CCOC(=O)CNc1c(C(C)C)nc2cccc(C)n12. The maximum Gasteiger partial charge on any atom is 0.325 e. The Morgan fingerprint density at radius 3 is 2.85 bits per heavy atom. The molecule has 5 nitrogen and oxygen atoms in total. The standard InChI is InChI=1S/C15H21N3O2/c1-5-20-13(19)9-16-15-14(10(2)3)17-12-8-6-7-11(4)18(12)15/h6-8,10,16H,5,9H2,1-4H3. The fourth-order valence-electron chi connectivity index (χ4n) is 2.21. The highest BCUT2D eigenvalue weighted by Crippen LogP contribution is 2.26. The lowest BCUT2D eigenvalue weighted by Gasteiger charge is -2.11. The molecule has 2 rings (SSSR count). The number of ether oxygens (including phenoxy) is 1. The van der Waals surface area contributed by atoms with Gasteiger partial charge in [0.05, 0.1) is 12.3 Å². The van der Waals surface area contributed by atoms with Crippen LogP contribution in [-0.2, 0) is 9.53 Å². The summed E-state index contributed by atoms with van der Waals surface area (Å²) in [5.41, 5.74) is 2.93. The van der Waals surface area contributed by atoms with Crippen LogP contribution in [0.1, 0.15) is 38.1 Å². The van der Waals surface area contributed by atoms with Gasteiger partial charge in [-0.15, -0.1) is 0 Å². The van der Waals surface area contributed by atoms with E-state index in [1.165, 1.54) is 0 Å². The van der Waals surface area contributed by atoms with Crippen molar-refractivity contribution in [1.82, 2.24) is 9.38 Å². The molecule has 20 heavy (non-hydrogen) atoms. The third-order valence-electron chi connectivity index (χ3n) is 3.12. The first-order valence-corrected chi connectivity index (χ1v) is 6.92. The van der Waals surface area contributed by atoms with Crippen molar-refractivity contribution in [3.8, 4) is 0 Å². The maximum atomic E-state index is 11.5. The molecule has 5 heteroatoms. The van der Waals surface area contributed by atoms with E-state index in [1.54, 1.807) is 6.92 Å². The van der Waals surface area contributed by atoms with Crippen LogP contribution < -0.4 is 5.32 Å². The van der Waals surface area contributed by atoms with Crippen LogP contribution in [0, 0.1) is 6.92 Å². The zero-order valence-corrected chi connectivity index (χ0v) is 12.4. The van der Waals surface area contributed by atoms with Gasteiger partial charge in [0.2, 0.25) is 0 Å². The number of nitrogens with zero attached hydrogens (tertiary/aromatic N) is 2. The fraction of sp³-hybridized carbons (Fsp3) is 0.467. The molecule has 0 radical (unpaired) electrons. The third kappa shape index (κ3) is 2.76. The van der Waals surface area contributed by atoms with E-state index in [4.69, 9.17) is 4.74 Å². The van der Waals surface area contributed by atoms with E-state index in [0.29, 0.717) is 6.61 Å². The van der Waals surface area contributed by atoms with E-state index in [9.17, 15) is 4.79 Å². The molecule has 0 amide bonds. The van der Waals surface area contributed by atoms with E-state index < -0.39 is 0 Å². The molecule has 2 heterocycles. The number of carbonyl (C=O) groups excluding carboxylic acids is 1. The number of fused-ring (bicyclic) bond motifs is 1. The van der Waals surface area contributed by atoms with Gasteiger partial charge in [0, 0.05) is 5.69 Å². The molecule has 0 aliphatic heterocycles. The minimum Gasteiger partial charge on any atom is -0.465 e. The van der Waals surface area contributed by atoms with Crippen molar-refractivity contribution < 1.29 is 9.53 Å².